The number of hydrogen-bond donors (Lipinski definition) is 2. The molecule has 2 atom stereocenters. The molecule has 2 aromatic heterocycles. The minimum atomic E-state index is -1.33. The SMILES string of the molecule is CC(C)(C)n1cc(C(=O)O)c(=O)c2cc(F)c(N3C[C@H]4C[C@]3(C)CN4)nc21. The number of rotatable bonds is 2. The summed E-state index contributed by atoms with van der Waals surface area (Å²) >= 11 is 0. The van der Waals surface area contributed by atoms with E-state index in [4.69, 9.17) is 0 Å². The molecule has 2 fully saturated rings. The summed E-state index contributed by atoms with van der Waals surface area (Å²) in [5, 5.41) is 12.8. The van der Waals surface area contributed by atoms with Crippen LogP contribution in [0.3, 0.4) is 0 Å². The first kappa shape index (κ1) is 17.9. The van der Waals surface area contributed by atoms with Crippen molar-refractivity contribution in [2.75, 3.05) is 18.0 Å². The Hall–Kier alpha value is -2.48. The summed E-state index contributed by atoms with van der Waals surface area (Å²) in [5.41, 5.74) is -1.56. The molecule has 2 bridgehead atoms. The molecule has 0 spiro atoms. The van der Waals surface area contributed by atoms with Gasteiger partial charge in [-0.25, -0.2) is 14.2 Å². The number of carbonyl (C=O) groups is 1. The molecule has 144 valence electrons. The third kappa shape index (κ3) is 2.62. The van der Waals surface area contributed by atoms with Crippen LogP contribution in [0.2, 0.25) is 0 Å². The van der Waals surface area contributed by atoms with Crippen molar-refractivity contribution in [3.05, 3.63) is 33.9 Å². The number of anilines is 1. The van der Waals surface area contributed by atoms with Crippen molar-refractivity contribution in [1.29, 1.82) is 0 Å². The van der Waals surface area contributed by atoms with Crippen LogP contribution in [0.5, 0.6) is 0 Å². The highest BCUT2D eigenvalue weighted by atomic mass is 19.1. The summed E-state index contributed by atoms with van der Waals surface area (Å²) in [7, 11) is 0. The topological polar surface area (TPSA) is 87.5 Å². The highest BCUT2D eigenvalue weighted by Crippen LogP contribution is 2.38. The second kappa shape index (κ2) is 5.51. The van der Waals surface area contributed by atoms with Gasteiger partial charge in [0, 0.05) is 30.9 Å². The van der Waals surface area contributed by atoms with Gasteiger partial charge in [-0.3, -0.25) is 4.79 Å². The Kier molecular flexibility index (Phi) is 3.66. The molecule has 2 saturated heterocycles. The number of hydrogen-bond acceptors (Lipinski definition) is 5. The van der Waals surface area contributed by atoms with E-state index in [1.54, 1.807) is 4.57 Å². The van der Waals surface area contributed by atoms with Crippen molar-refractivity contribution in [3.8, 4) is 0 Å². The smallest absolute Gasteiger partial charge is 0.341 e. The second-order valence-electron chi connectivity index (χ2n) is 8.77. The summed E-state index contributed by atoms with van der Waals surface area (Å²) in [6.07, 6.45) is 2.22. The molecular weight excluding hydrogens is 351 g/mol. The molecule has 0 amide bonds. The van der Waals surface area contributed by atoms with Crippen LogP contribution in [0.25, 0.3) is 11.0 Å². The average Bonchev–Trinajstić information content (AvgIpc) is 3.09. The zero-order valence-corrected chi connectivity index (χ0v) is 15.8. The van der Waals surface area contributed by atoms with E-state index in [0.717, 1.165) is 19.0 Å². The Morgan fingerprint density at radius 1 is 1.44 bits per heavy atom. The number of aromatic carboxylic acids is 1. The molecule has 2 N–H and O–H groups in total. The monoisotopic (exact) mass is 374 g/mol. The number of nitrogens with zero attached hydrogens (tertiary/aromatic N) is 3. The van der Waals surface area contributed by atoms with Gasteiger partial charge in [-0.05, 0) is 40.2 Å². The fourth-order valence-electron chi connectivity index (χ4n) is 4.22. The van der Waals surface area contributed by atoms with E-state index >= 15 is 0 Å². The van der Waals surface area contributed by atoms with Gasteiger partial charge in [0.1, 0.15) is 11.2 Å². The molecule has 8 heteroatoms. The minimum Gasteiger partial charge on any atom is -0.477 e. The highest BCUT2D eigenvalue weighted by molar-refractivity contribution is 5.92. The lowest BCUT2D eigenvalue weighted by Crippen LogP contribution is -2.51. The van der Waals surface area contributed by atoms with Crippen LogP contribution >= 0.6 is 0 Å². The number of nitrogens with one attached hydrogen (secondary N) is 1. The van der Waals surface area contributed by atoms with Crippen LogP contribution < -0.4 is 15.6 Å². The molecule has 2 aliphatic heterocycles. The first-order valence-corrected chi connectivity index (χ1v) is 9.02. The average molecular weight is 374 g/mol. The van der Waals surface area contributed by atoms with Gasteiger partial charge in [-0.1, -0.05) is 0 Å². The largest absolute Gasteiger partial charge is 0.477 e. The van der Waals surface area contributed by atoms with Crippen LogP contribution in [-0.2, 0) is 5.54 Å². The van der Waals surface area contributed by atoms with E-state index in [9.17, 15) is 19.1 Å². The summed E-state index contributed by atoms with van der Waals surface area (Å²) in [6.45, 7) is 9.13. The number of piperazine rings is 1. The number of carboxylic acid groups (broad SMARTS) is 1. The van der Waals surface area contributed by atoms with Crippen molar-refractivity contribution in [1.82, 2.24) is 14.9 Å². The maximum atomic E-state index is 15.0. The summed E-state index contributed by atoms with van der Waals surface area (Å²) in [6, 6.07) is 1.43. The number of carboxylic acids is 1. The van der Waals surface area contributed by atoms with E-state index in [1.165, 1.54) is 6.20 Å². The van der Waals surface area contributed by atoms with Crippen molar-refractivity contribution < 1.29 is 14.3 Å². The standard InChI is InChI=1S/C19H23FN4O3/c1-18(2,3)23-8-12(17(26)27)14(25)11-5-13(20)16(22-15(11)23)24-7-10-6-19(24,4)9-21-10/h5,8,10,21H,6-7,9H2,1-4H3,(H,26,27)/t10-,19-/m1/s1. The van der Waals surface area contributed by atoms with Crippen LogP contribution in [0.1, 0.15) is 44.5 Å². The number of halogens is 1. The van der Waals surface area contributed by atoms with Crippen LogP contribution in [0.4, 0.5) is 10.2 Å². The van der Waals surface area contributed by atoms with E-state index in [2.05, 4.69) is 17.2 Å². The van der Waals surface area contributed by atoms with E-state index < -0.39 is 22.8 Å². The third-order valence-corrected chi connectivity index (χ3v) is 5.63. The Morgan fingerprint density at radius 2 is 2.15 bits per heavy atom. The van der Waals surface area contributed by atoms with Gasteiger partial charge in [0.2, 0.25) is 5.43 Å². The summed E-state index contributed by atoms with van der Waals surface area (Å²) in [5.74, 6) is -1.72. The molecular formula is C19H23FN4O3. The quantitative estimate of drug-likeness (QED) is 0.835. The molecule has 27 heavy (non-hydrogen) atoms. The molecule has 2 aliphatic rings. The lowest BCUT2D eigenvalue weighted by Gasteiger charge is -2.37. The van der Waals surface area contributed by atoms with Gasteiger partial charge in [0.05, 0.1) is 10.9 Å². The summed E-state index contributed by atoms with van der Waals surface area (Å²) < 4.78 is 16.6. The third-order valence-electron chi connectivity index (χ3n) is 5.63. The molecule has 0 unspecified atom stereocenters. The van der Waals surface area contributed by atoms with Gasteiger partial charge < -0.3 is 19.9 Å². The maximum absolute atomic E-state index is 15.0. The van der Waals surface area contributed by atoms with Gasteiger partial charge in [0.15, 0.2) is 11.6 Å². The lowest BCUT2D eigenvalue weighted by atomic mass is 10.0. The molecule has 4 heterocycles. The zero-order valence-electron chi connectivity index (χ0n) is 15.8. The van der Waals surface area contributed by atoms with Gasteiger partial charge in [0.25, 0.3) is 0 Å². The molecule has 2 aromatic rings. The number of pyridine rings is 2. The van der Waals surface area contributed by atoms with Crippen molar-refractivity contribution in [3.63, 3.8) is 0 Å². The van der Waals surface area contributed by atoms with Crippen LogP contribution in [0.15, 0.2) is 17.1 Å². The fraction of sp³-hybridized carbons (Fsp3) is 0.526. The van der Waals surface area contributed by atoms with Crippen LogP contribution in [-0.4, -0.2) is 45.3 Å². The fourth-order valence-corrected chi connectivity index (χ4v) is 4.22. The van der Waals surface area contributed by atoms with Gasteiger partial charge >= 0.3 is 5.97 Å². The van der Waals surface area contributed by atoms with Crippen molar-refractivity contribution >= 4 is 22.8 Å². The Bertz CT molecular complexity index is 1030. The Balaban J connectivity index is 2.00. The van der Waals surface area contributed by atoms with Crippen LogP contribution in [0, 0.1) is 5.82 Å². The first-order valence-electron chi connectivity index (χ1n) is 9.02. The zero-order chi connectivity index (χ0) is 19.7. The van der Waals surface area contributed by atoms with Crippen molar-refractivity contribution in [2.45, 2.75) is 51.2 Å². The second-order valence-corrected chi connectivity index (χ2v) is 8.77. The molecule has 0 saturated carbocycles. The van der Waals surface area contributed by atoms with Gasteiger partial charge in [-0.15, -0.1) is 0 Å². The van der Waals surface area contributed by atoms with E-state index in [-0.39, 0.29) is 22.3 Å². The predicted molar refractivity (Wildman–Crippen MR) is 100 cm³/mol. The minimum absolute atomic E-state index is 0.0151. The normalized spacial score (nSPS) is 24.8. The molecule has 0 aromatic carbocycles. The number of aromatic nitrogens is 2. The van der Waals surface area contributed by atoms with Crippen molar-refractivity contribution in [2.24, 2.45) is 0 Å². The van der Waals surface area contributed by atoms with E-state index in [0.29, 0.717) is 18.2 Å². The molecule has 0 aliphatic carbocycles. The number of fused-ring (bicyclic) bond motifs is 3. The first-order chi connectivity index (χ1) is 12.5. The van der Waals surface area contributed by atoms with E-state index in [1.807, 2.05) is 25.7 Å². The highest BCUT2D eigenvalue weighted by Gasteiger charge is 2.48. The summed E-state index contributed by atoms with van der Waals surface area (Å²) in [4.78, 5) is 30.6. The molecule has 0 radical (unpaired) electrons. The molecule has 4 rings (SSSR count). The van der Waals surface area contributed by atoms with Gasteiger partial charge in [-0.2, -0.15) is 0 Å². The maximum Gasteiger partial charge on any atom is 0.341 e. The Morgan fingerprint density at radius 3 is 2.67 bits per heavy atom. The Labute approximate surface area is 155 Å². The lowest BCUT2D eigenvalue weighted by molar-refractivity contribution is 0.0694. The molecule has 7 nitrogen and oxygen atoms in total. The predicted octanol–water partition coefficient (Wildman–Crippen LogP) is 1.93.